The summed E-state index contributed by atoms with van der Waals surface area (Å²) in [4.78, 5) is 21.3. The van der Waals surface area contributed by atoms with Gasteiger partial charge in [0.15, 0.2) is 0 Å². The number of hydrogen-bond donors (Lipinski definition) is 2. The van der Waals surface area contributed by atoms with Gasteiger partial charge in [-0.15, -0.1) is 0 Å². The van der Waals surface area contributed by atoms with E-state index >= 15 is 0 Å². The van der Waals surface area contributed by atoms with Gasteiger partial charge in [0.25, 0.3) is 5.91 Å². The van der Waals surface area contributed by atoms with Crippen molar-refractivity contribution in [1.29, 1.82) is 0 Å². The maximum absolute atomic E-state index is 13.3. The second kappa shape index (κ2) is 4.93. The molecule has 0 bridgehead atoms. The smallest absolute Gasteiger partial charge is 0.304 e. The van der Waals surface area contributed by atoms with Crippen LogP contribution in [-0.4, -0.2) is 28.1 Å². The number of carbonyl (C=O) groups is 1. The maximum atomic E-state index is 13.3. The fourth-order valence-corrected chi connectivity index (χ4v) is 1.90. The molecule has 1 aliphatic rings. The number of nitrogens with one attached hydrogen (secondary N) is 1. The van der Waals surface area contributed by atoms with E-state index in [1.165, 1.54) is 6.07 Å². The molecule has 0 aliphatic heterocycles. The molecule has 0 radical (unpaired) electrons. The van der Waals surface area contributed by atoms with E-state index in [0.29, 0.717) is 12.8 Å². The Labute approximate surface area is 108 Å². The fourth-order valence-electron chi connectivity index (χ4n) is 1.90. The van der Waals surface area contributed by atoms with E-state index in [1.54, 1.807) is 0 Å². The van der Waals surface area contributed by atoms with Crippen molar-refractivity contribution in [2.75, 3.05) is 6.54 Å². The second-order valence-electron chi connectivity index (χ2n) is 4.68. The molecule has 1 aromatic carbocycles. The van der Waals surface area contributed by atoms with E-state index in [4.69, 9.17) is 0 Å². The van der Waals surface area contributed by atoms with Crippen molar-refractivity contribution in [3.05, 3.63) is 39.7 Å². The summed E-state index contributed by atoms with van der Waals surface area (Å²) in [6, 6.07) is 2.95. The monoisotopic (exact) mass is 268 g/mol. The molecular weight excluding hydrogens is 255 g/mol. The van der Waals surface area contributed by atoms with Crippen LogP contribution in [0.4, 0.5) is 10.1 Å². The van der Waals surface area contributed by atoms with Crippen LogP contribution in [0, 0.1) is 15.9 Å². The number of nitro benzene ring substituents is 1. The lowest BCUT2D eigenvalue weighted by molar-refractivity contribution is -0.387. The first-order valence-electron chi connectivity index (χ1n) is 5.86. The lowest BCUT2D eigenvalue weighted by Crippen LogP contribution is -2.47. The number of amides is 1. The number of benzene rings is 1. The third kappa shape index (κ3) is 2.87. The molecule has 0 heterocycles. The van der Waals surface area contributed by atoms with Gasteiger partial charge in [-0.2, -0.15) is 4.39 Å². The third-order valence-electron chi connectivity index (χ3n) is 3.27. The summed E-state index contributed by atoms with van der Waals surface area (Å²) in [5.74, 6) is -1.62. The first-order valence-corrected chi connectivity index (χ1v) is 5.86. The minimum absolute atomic E-state index is 0.00831. The number of halogens is 1. The summed E-state index contributed by atoms with van der Waals surface area (Å²) in [5.41, 5.74) is -1.55. The molecular formula is C12H13FN2O4. The summed E-state index contributed by atoms with van der Waals surface area (Å²) in [7, 11) is 0. The van der Waals surface area contributed by atoms with Crippen LogP contribution < -0.4 is 5.32 Å². The molecule has 19 heavy (non-hydrogen) atoms. The Morgan fingerprint density at radius 2 is 2.21 bits per heavy atom. The molecule has 1 amide bonds. The predicted octanol–water partition coefficient (Wildman–Crippen LogP) is 1.38. The molecule has 1 aliphatic carbocycles. The minimum atomic E-state index is -1.06. The van der Waals surface area contributed by atoms with Crippen molar-refractivity contribution in [3.8, 4) is 0 Å². The van der Waals surface area contributed by atoms with Crippen LogP contribution in [0.1, 0.15) is 29.6 Å². The van der Waals surface area contributed by atoms with Crippen LogP contribution in [0.3, 0.4) is 0 Å². The summed E-state index contributed by atoms with van der Waals surface area (Å²) < 4.78 is 13.3. The summed E-state index contributed by atoms with van der Waals surface area (Å²) in [5, 5.41) is 22.7. The first-order chi connectivity index (χ1) is 8.91. The Morgan fingerprint density at radius 1 is 1.53 bits per heavy atom. The van der Waals surface area contributed by atoms with Crippen LogP contribution in [0.15, 0.2) is 18.2 Å². The van der Waals surface area contributed by atoms with Crippen molar-refractivity contribution < 1.29 is 19.2 Å². The highest BCUT2D eigenvalue weighted by Gasteiger charge is 2.34. The van der Waals surface area contributed by atoms with Crippen molar-refractivity contribution in [1.82, 2.24) is 5.32 Å². The summed E-state index contributed by atoms with van der Waals surface area (Å²) in [6.07, 6.45) is 2.17. The number of hydrogen-bond acceptors (Lipinski definition) is 4. The molecule has 6 nitrogen and oxygen atoms in total. The third-order valence-corrected chi connectivity index (χ3v) is 3.27. The van der Waals surface area contributed by atoms with Gasteiger partial charge in [-0.25, -0.2) is 0 Å². The van der Waals surface area contributed by atoms with Crippen LogP contribution in [0.2, 0.25) is 0 Å². The van der Waals surface area contributed by atoms with Gasteiger partial charge >= 0.3 is 5.69 Å². The van der Waals surface area contributed by atoms with Gasteiger partial charge in [0, 0.05) is 18.2 Å². The molecule has 0 saturated heterocycles. The molecule has 2 N–H and O–H groups in total. The van der Waals surface area contributed by atoms with Gasteiger partial charge in [-0.1, -0.05) is 0 Å². The Balaban J connectivity index is 2.03. The minimum Gasteiger partial charge on any atom is -0.388 e. The first kappa shape index (κ1) is 13.4. The molecule has 0 unspecified atom stereocenters. The van der Waals surface area contributed by atoms with Crippen molar-refractivity contribution in [3.63, 3.8) is 0 Å². The van der Waals surface area contributed by atoms with Gasteiger partial charge in [-0.3, -0.25) is 14.9 Å². The molecule has 0 atom stereocenters. The molecule has 102 valence electrons. The SMILES string of the molecule is O=C(NCC1(O)CCC1)c1ccc([N+](=O)[O-])c(F)c1. The number of aliphatic hydroxyl groups is 1. The summed E-state index contributed by atoms with van der Waals surface area (Å²) >= 11 is 0. The lowest BCUT2D eigenvalue weighted by Gasteiger charge is -2.36. The van der Waals surface area contributed by atoms with Crippen LogP contribution in [-0.2, 0) is 0 Å². The Kier molecular flexibility index (Phi) is 3.48. The predicted molar refractivity (Wildman–Crippen MR) is 64.2 cm³/mol. The average Bonchev–Trinajstić information content (AvgIpc) is 2.33. The molecule has 0 spiro atoms. The van der Waals surface area contributed by atoms with E-state index < -0.39 is 27.9 Å². The Morgan fingerprint density at radius 3 is 2.68 bits per heavy atom. The summed E-state index contributed by atoms with van der Waals surface area (Å²) in [6.45, 7) is 0.102. The zero-order chi connectivity index (χ0) is 14.0. The lowest BCUT2D eigenvalue weighted by atomic mass is 9.80. The Hall–Kier alpha value is -2.02. The average molecular weight is 268 g/mol. The normalized spacial score (nSPS) is 16.5. The van der Waals surface area contributed by atoms with E-state index in [0.717, 1.165) is 18.6 Å². The molecule has 2 rings (SSSR count). The van der Waals surface area contributed by atoms with Gasteiger partial charge in [0.05, 0.1) is 10.5 Å². The topological polar surface area (TPSA) is 92.5 Å². The second-order valence-corrected chi connectivity index (χ2v) is 4.68. The highest BCUT2D eigenvalue weighted by atomic mass is 19.1. The van der Waals surface area contributed by atoms with E-state index in [-0.39, 0.29) is 12.1 Å². The van der Waals surface area contributed by atoms with E-state index in [1.807, 2.05) is 0 Å². The quantitative estimate of drug-likeness (QED) is 0.637. The molecule has 1 saturated carbocycles. The number of nitro groups is 1. The van der Waals surface area contributed by atoms with Crippen LogP contribution in [0.5, 0.6) is 0 Å². The van der Waals surface area contributed by atoms with E-state index in [9.17, 15) is 24.4 Å². The molecule has 1 fully saturated rings. The highest BCUT2D eigenvalue weighted by molar-refractivity contribution is 5.94. The number of nitrogens with zero attached hydrogens (tertiary/aromatic N) is 1. The molecule has 0 aromatic heterocycles. The van der Waals surface area contributed by atoms with Crippen molar-refractivity contribution in [2.24, 2.45) is 0 Å². The van der Waals surface area contributed by atoms with Gasteiger partial charge in [0.2, 0.25) is 5.82 Å². The van der Waals surface area contributed by atoms with Gasteiger partial charge in [0.1, 0.15) is 0 Å². The fraction of sp³-hybridized carbons (Fsp3) is 0.417. The van der Waals surface area contributed by atoms with Gasteiger partial charge in [-0.05, 0) is 31.4 Å². The zero-order valence-corrected chi connectivity index (χ0v) is 10.1. The van der Waals surface area contributed by atoms with E-state index in [2.05, 4.69) is 5.32 Å². The van der Waals surface area contributed by atoms with Crippen LogP contribution in [0.25, 0.3) is 0 Å². The van der Waals surface area contributed by atoms with Crippen molar-refractivity contribution >= 4 is 11.6 Å². The number of carbonyl (C=O) groups excluding carboxylic acids is 1. The maximum Gasteiger partial charge on any atom is 0.304 e. The van der Waals surface area contributed by atoms with Crippen molar-refractivity contribution in [2.45, 2.75) is 24.9 Å². The standard InChI is InChI=1S/C12H13FN2O4/c13-9-6-8(2-3-10(9)15(18)19)11(16)14-7-12(17)4-1-5-12/h2-3,6,17H,1,4-5,7H2,(H,14,16). The zero-order valence-electron chi connectivity index (χ0n) is 10.1. The Bertz CT molecular complexity index is 528. The largest absolute Gasteiger partial charge is 0.388 e. The number of rotatable bonds is 4. The molecule has 7 heteroatoms. The van der Waals surface area contributed by atoms with Gasteiger partial charge < -0.3 is 10.4 Å². The molecule has 1 aromatic rings. The van der Waals surface area contributed by atoms with Crippen LogP contribution >= 0.6 is 0 Å². The highest BCUT2D eigenvalue weighted by Crippen LogP contribution is 2.30.